The van der Waals surface area contributed by atoms with Crippen molar-refractivity contribution in [1.82, 2.24) is 4.98 Å². The Hall–Kier alpha value is -1.58. The molecule has 4 nitrogen and oxygen atoms in total. The molecule has 0 amide bonds. The number of carbonyl (C=O) groups is 1. The molecule has 0 radical (unpaired) electrons. The highest BCUT2D eigenvalue weighted by Gasteiger charge is 2.02. The monoisotopic (exact) mass is 166 g/mol. The van der Waals surface area contributed by atoms with Crippen molar-refractivity contribution >= 4 is 12.1 Å². The maximum Gasteiger partial charge on any atom is 0.155 e. The van der Waals surface area contributed by atoms with E-state index in [4.69, 9.17) is 10.5 Å². The summed E-state index contributed by atoms with van der Waals surface area (Å²) in [5.74, 6) is 0.837. The fourth-order valence-electron chi connectivity index (χ4n) is 0.832. The largest absolute Gasteiger partial charge is 0.493 e. The van der Waals surface area contributed by atoms with Gasteiger partial charge in [-0.1, -0.05) is 0 Å². The lowest BCUT2D eigenvalue weighted by Crippen LogP contribution is -1.99. The number of aromatic nitrogens is 1. The Morgan fingerprint density at radius 3 is 3.08 bits per heavy atom. The molecule has 0 spiro atoms. The number of carbonyl (C=O) groups excluding carboxylic acids is 1. The molecule has 0 unspecified atom stereocenters. The van der Waals surface area contributed by atoms with Crippen LogP contribution >= 0.6 is 0 Å². The molecular weight excluding hydrogens is 156 g/mol. The van der Waals surface area contributed by atoms with Gasteiger partial charge in [-0.2, -0.15) is 0 Å². The van der Waals surface area contributed by atoms with E-state index in [-0.39, 0.29) is 0 Å². The van der Waals surface area contributed by atoms with Gasteiger partial charge in [0.1, 0.15) is 11.6 Å². The Balaban J connectivity index is 3.03. The molecule has 0 saturated heterocycles. The summed E-state index contributed by atoms with van der Waals surface area (Å²) < 4.78 is 5.16. The minimum atomic E-state index is 0.351. The molecule has 1 heterocycles. The summed E-state index contributed by atoms with van der Waals surface area (Å²) in [6, 6.07) is 1.53. The van der Waals surface area contributed by atoms with E-state index >= 15 is 0 Å². The number of anilines is 1. The van der Waals surface area contributed by atoms with Crippen LogP contribution in [0, 0.1) is 0 Å². The molecule has 0 aliphatic heterocycles. The van der Waals surface area contributed by atoms with Crippen LogP contribution in [-0.2, 0) is 0 Å². The van der Waals surface area contributed by atoms with Crippen molar-refractivity contribution in [2.75, 3.05) is 12.3 Å². The van der Waals surface area contributed by atoms with E-state index in [9.17, 15) is 4.79 Å². The molecule has 1 rings (SSSR count). The van der Waals surface area contributed by atoms with Crippen molar-refractivity contribution in [1.29, 1.82) is 0 Å². The molecule has 0 aromatic carbocycles. The van der Waals surface area contributed by atoms with Crippen LogP contribution in [0.15, 0.2) is 12.3 Å². The first-order valence-electron chi connectivity index (χ1n) is 3.61. The van der Waals surface area contributed by atoms with Crippen LogP contribution in [-0.4, -0.2) is 17.9 Å². The van der Waals surface area contributed by atoms with Gasteiger partial charge in [0.2, 0.25) is 0 Å². The predicted octanol–water partition coefficient (Wildman–Crippen LogP) is 0.875. The van der Waals surface area contributed by atoms with E-state index in [1.807, 2.05) is 6.92 Å². The second-order valence-corrected chi connectivity index (χ2v) is 2.20. The van der Waals surface area contributed by atoms with E-state index in [0.717, 1.165) is 0 Å². The van der Waals surface area contributed by atoms with E-state index in [1.165, 1.54) is 12.3 Å². The zero-order chi connectivity index (χ0) is 8.97. The van der Waals surface area contributed by atoms with Crippen molar-refractivity contribution in [3.63, 3.8) is 0 Å². The first kappa shape index (κ1) is 8.52. The molecule has 64 valence electrons. The second-order valence-electron chi connectivity index (χ2n) is 2.20. The Morgan fingerprint density at radius 1 is 1.75 bits per heavy atom. The molecule has 0 fully saturated rings. The zero-order valence-corrected chi connectivity index (χ0v) is 6.78. The van der Waals surface area contributed by atoms with Gasteiger partial charge in [0.05, 0.1) is 12.2 Å². The maximum atomic E-state index is 10.5. The van der Waals surface area contributed by atoms with Crippen LogP contribution in [0.4, 0.5) is 5.82 Å². The highest BCUT2D eigenvalue weighted by atomic mass is 16.5. The van der Waals surface area contributed by atoms with Crippen molar-refractivity contribution < 1.29 is 9.53 Å². The standard InChI is InChI=1S/C8H10N2O2/c1-2-12-7-3-8(9)10-4-6(7)5-11/h3-5H,2H2,1H3,(H2,9,10). The number of hydrogen-bond donors (Lipinski definition) is 1. The van der Waals surface area contributed by atoms with Gasteiger partial charge in [-0.15, -0.1) is 0 Å². The lowest BCUT2D eigenvalue weighted by atomic mass is 10.3. The zero-order valence-electron chi connectivity index (χ0n) is 6.78. The fraction of sp³-hybridized carbons (Fsp3) is 0.250. The Morgan fingerprint density at radius 2 is 2.50 bits per heavy atom. The number of hydrogen-bond acceptors (Lipinski definition) is 4. The van der Waals surface area contributed by atoms with Crippen LogP contribution in [0.1, 0.15) is 17.3 Å². The quantitative estimate of drug-likeness (QED) is 0.677. The highest BCUT2D eigenvalue weighted by Crippen LogP contribution is 2.17. The van der Waals surface area contributed by atoms with Crippen LogP contribution in [0.3, 0.4) is 0 Å². The molecule has 0 atom stereocenters. The van der Waals surface area contributed by atoms with Crippen LogP contribution in [0.2, 0.25) is 0 Å². The van der Waals surface area contributed by atoms with E-state index in [0.29, 0.717) is 30.0 Å². The SMILES string of the molecule is CCOc1cc(N)ncc1C=O. The average molecular weight is 166 g/mol. The van der Waals surface area contributed by atoms with E-state index < -0.39 is 0 Å². The molecule has 2 N–H and O–H groups in total. The summed E-state index contributed by atoms with van der Waals surface area (Å²) in [5.41, 5.74) is 5.83. The summed E-state index contributed by atoms with van der Waals surface area (Å²) in [6.45, 7) is 2.34. The molecule has 0 aliphatic rings. The fourth-order valence-corrected chi connectivity index (χ4v) is 0.832. The molecule has 12 heavy (non-hydrogen) atoms. The number of nitrogens with zero attached hydrogens (tertiary/aromatic N) is 1. The van der Waals surface area contributed by atoms with Crippen LogP contribution in [0.25, 0.3) is 0 Å². The number of rotatable bonds is 3. The second kappa shape index (κ2) is 3.71. The number of nitrogens with two attached hydrogens (primary N) is 1. The third-order valence-corrected chi connectivity index (χ3v) is 1.34. The summed E-state index contributed by atoms with van der Waals surface area (Å²) in [7, 11) is 0. The highest BCUT2D eigenvalue weighted by molar-refractivity contribution is 5.79. The number of aldehydes is 1. The van der Waals surface area contributed by atoms with Crippen molar-refractivity contribution in [2.45, 2.75) is 6.92 Å². The number of nitrogen functional groups attached to an aromatic ring is 1. The first-order chi connectivity index (χ1) is 5.77. The third-order valence-electron chi connectivity index (χ3n) is 1.34. The van der Waals surface area contributed by atoms with Gasteiger partial charge in [-0.3, -0.25) is 4.79 Å². The van der Waals surface area contributed by atoms with E-state index in [2.05, 4.69) is 4.98 Å². The van der Waals surface area contributed by atoms with Gasteiger partial charge in [0.15, 0.2) is 6.29 Å². The maximum absolute atomic E-state index is 10.5. The molecule has 1 aromatic rings. The molecule has 0 saturated carbocycles. The summed E-state index contributed by atoms with van der Waals surface area (Å²) in [6.07, 6.45) is 2.09. The van der Waals surface area contributed by atoms with Gasteiger partial charge in [0, 0.05) is 12.3 Å². The third kappa shape index (κ3) is 1.72. The van der Waals surface area contributed by atoms with Gasteiger partial charge in [-0.25, -0.2) is 4.98 Å². The smallest absolute Gasteiger partial charge is 0.155 e. The Labute approximate surface area is 70.4 Å². The molecule has 0 aliphatic carbocycles. The van der Waals surface area contributed by atoms with Gasteiger partial charge in [0.25, 0.3) is 0 Å². The minimum absolute atomic E-state index is 0.351. The van der Waals surface area contributed by atoms with Crippen LogP contribution in [0.5, 0.6) is 5.75 Å². The summed E-state index contributed by atoms with van der Waals surface area (Å²) in [4.78, 5) is 14.2. The normalized spacial score (nSPS) is 9.42. The lowest BCUT2D eigenvalue weighted by molar-refractivity contribution is 0.111. The van der Waals surface area contributed by atoms with Crippen LogP contribution < -0.4 is 10.5 Å². The Kier molecular flexibility index (Phi) is 2.63. The number of ether oxygens (including phenoxy) is 1. The van der Waals surface area contributed by atoms with Crippen molar-refractivity contribution in [3.8, 4) is 5.75 Å². The van der Waals surface area contributed by atoms with Gasteiger partial charge >= 0.3 is 0 Å². The number of pyridine rings is 1. The topological polar surface area (TPSA) is 65.2 Å². The first-order valence-corrected chi connectivity index (χ1v) is 3.61. The Bertz CT molecular complexity index is 286. The molecule has 1 aromatic heterocycles. The van der Waals surface area contributed by atoms with Gasteiger partial charge < -0.3 is 10.5 Å². The summed E-state index contributed by atoms with van der Waals surface area (Å²) >= 11 is 0. The van der Waals surface area contributed by atoms with E-state index in [1.54, 1.807) is 0 Å². The molecule has 0 bridgehead atoms. The molecule has 4 heteroatoms. The predicted molar refractivity (Wildman–Crippen MR) is 45.2 cm³/mol. The minimum Gasteiger partial charge on any atom is -0.493 e. The summed E-state index contributed by atoms with van der Waals surface area (Å²) in [5, 5.41) is 0. The van der Waals surface area contributed by atoms with Crippen molar-refractivity contribution in [3.05, 3.63) is 17.8 Å². The van der Waals surface area contributed by atoms with Crippen molar-refractivity contribution in [2.24, 2.45) is 0 Å². The average Bonchev–Trinajstić information content (AvgIpc) is 2.05. The van der Waals surface area contributed by atoms with Gasteiger partial charge in [-0.05, 0) is 6.92 Å². The lowest BCUT2D eigenvalue weighted by Gasteiger charge is -2.05. The molecular formula is C8H10N2O2.